The van der Waals surface area contributed by atoms with Crippen LogP contribution in [0, 0.1) is 0 Å². The number of fused-ring (bicyclic) bond motifs is 1. The van der Waals surface area contributed by atoms with Gasteiger partial charge in [0, 0.05) is 36.3 Å². The summed E-state index contributed by atoms with van der Waals surface area (Å²) in [6.45, 7) is 0. The first-order valence-electron chi connectivity index (χ1n) is 8.32. The van der Waals surface area contributed by atoms with Crippen LogP contribution in [-0.2, 0) is 0 Å². The van der Waals surface area contributed by atoms with E-state index in [9.17, 15) is 0 Å². The fraction of sp³-hybridized carbons (Fsp3) is 0.0909. The number of aromatic nitrogens is 2. The first-order chi connectivity index (χ1) is 12.2. The maximum atomic E-state index is 4.89. The molecule has 0 aliphatic carbocycles. The highest BCUT2D eigenvalue weighted by atomic mass is 15.1. The predicted molar refractivity (Wildman–Crippen MR) is 105 cm³/mol. The van der Waals surface area contributed by atoms with E-state index in [0.717, 1.165) is 33.5 Å². The average molecular weight is 325 g/mol. The van der Waals surface area contributed by atoms with Crippen LogP contribution >= 0.6 is 0 Å². The number of hydrogen-bond acceptors (Lipinski definition) is 3. The lowest BCUT2D eigenvalue weighted by Crippen LogP contribution is -2.08. The highest BCUT2D eigenvalue weighted by molar-refractivity contribution is 5.93. The second-order valence-electron chi connectivity index (χ2n) is 6.22. The molecule has 0 unspecified atom stereocenters. The summed E-state index contributed by atoms with van der Waals surface area (Å²) >= 11 is 0. The number of anilines is 1. The standard InChI is InChI=1S/C22H19N3/c1-25(2)18-14-12-16(13-15-18)21-19-10-6-7-11-20(19)23-22(24-21)17-8-4-3-5-9-17/h3-15H,1-2H3. The topological polar surface area (TPSA) is 29.0 Å². The first-order valence-corrected chi connectivity index (χ1v) is 8.32. The molecule has 0 N–H and O–H groups in total. The predicted octanol–water partition coefficient (Wildman–Crippen LogP) is 5.03. The minimum Gasteiger partial charge on any atom is -0.378 e. The Morgan fingerprint density at radius 2 is 1.32 bits per heavy atom. The zero-order valence-corrected chi connectivity index (χ0v) is 14.3. The summed E-state index contributed by atoms with van der Waals surface area (Å²) in [6, 6.07) is 26.8. The molecular weight excluding hydrogens is 306 g/mol. The molecule has 0 bridgehead atoms. The summed E-state index contributed by atoms with van der Waals surface area (Å²) in [7, 11) is 4.09. The van der Waals surface area contributed by atoms with Crippen LogP contribution < -0.4 is 4.90 Å². The number of hydrogen-bond donors (Lipinski definition) is 0. The van der Waals surface area contributed by atoms with E-state index >= 15 is 0 Å². The Kier molecular flexibility index (Phi) is 3.90. The summed E-state index contributed by atoms with van der Waals surface area (Å²) in [4.78, 5) is 11.7. The third-order valence-corrected chi connectivity index (χ3v) is 4.29. The van der Waals surface area contributed by atoms with Crippen LogP contribution in [-0.4, -0.2) is 24.1 Å². The molecule has 1 aromatic heterocycles. The summed E-state index contributed by atoms with van der Waals surface area (Å²) in [5, 5.41) is 1.07. The van der Waals surface area contributed by atoms with Gasteiger partial charge in [0.1, 0.15) is 0 Å². The van der Waals surface area contributed by atoms with E-state index in [0.29, 0.717) is 0 Å². The van der Waals surface area contributed by atoms with E-state index in [-0.39, 0.29) is 0 Å². The van der Waals surface area contributed by atoms with Gasteiger partial charge in [0.2, 0.25) is 0 Å². The molecule has 0 saturated heterocycles. The van der Waals surface area contributed by atoms with Gasteiger partial charge < -0.3 is 4.90 Å². The summed E-state index contributed by atoms with van der Waals surface area (Å²) < 4.78 is 0. The Labute approximate surface area is 147 Å². The van der Waals surface area contributed by atoms with Gasteiger partial charge >= 0.3 is 0 Å². The normalized spacial score (nSPS) is 10.8. The molecule has 0 spiro atoms. The van der Waals surface area contributed by atoms with Crippen molar-refractivity contribution in [2.45, 2.75) is 0 Å². The van der Waals surface area contributed by atoms with Crippen LogP contribution in [0.2, 0.25) is 0 Å². The van der Waals surface area contributed by atoms with Gasteiger partial charge in [-0.15, -0.1) is 0 Å². The van der Waals surface area contributed by atoms with E-state index in [1.807, 2.05) is 62.6 Å². The monoisotopic (exact) mass is 325 g/mol. The lowest BCUT2D eigenvalue weighted by Gasteiger charge is -2.13. The molecule has 0 atom stereocenters. The van der Waals surface area contributed by atoms with Crippen LogP contribution in [0.5, 0.6) is 0 Å². The number of benzene rings is 3. The highest BCUT2D eigenvalue weighted by Gasteiger charge is 2.11. The number of rotatable bonds is 3. The third-order valence-electron chi connectivity index (χ3n) is 4.29. The summed E-state index contributed by atoms with van der Waals surface area (Å²) in [6.07, 6.45) is 0. The first kappa shape index (κ1) is 15.3. The van der Waals surface area contributed by atoms with Crippen molar-refractivity contribution in [2.75, 3.05) is 19.0 Å². The van der Waals surface area contributed by atoms with Crippen molar-refractivity contribution in [3.8, 4) is 22.6 Å². The van der Waals surface area contributed by atoms with Crippen LogP contribution in [0.4, 0.5) is 5.69 Å². The smallest absolute Gasteiger partial charge is 0.160 e. The van der Waals surface area contributed by atoms with Crippen molar-refractivity contribution in [3.05, 3.63) is 78.9 Å². The van der Waals surface area contributed by atoms with Gasteiger partial charge in [-0.25, -0.2) is 9.97 Å². The molecule has 0 aliphatic heterocycles. The Balaban J connectivity index is 1.92. The lowest BCUT2D eigenvalue weighted by molar-refractivity contribution is 1.13. The molecular formula is C22H19N3. The molecule has 4 aromatic rings. The van der Waals surface area contributed by atoms with E-state index < -0.39 is 0 Å². The van der Waals surface area contributed by atoms with Crippen molar-refractivity contribution < 1.29 is 0 Å². The van der Waals surface area contributed by atoms with Crippen molar-refractivity contribution in [3.63, 3.8) is 0 Å². The highest BCUT2D eigenvalue weighted by Crippen LogP contribution is 2.29. The average Bonchev–Trinajstić information content (AvgIpc) is 2.68. The molecule has 122 valence electrons. The van der Waals surface area contributed by atoms with Crippen LogP contribution in [0.25, 0.3) is 33.5 Å². The van der Waals surface area contributed by atoms with Gasteiger partial charge in [0.15, 0.2) is 5.82 Å². The molecule has 0 saturated carbocycles. The molecule has 3 nitrogen and oxygen atoms in total. The molecule has 3 heteroatoms. The molecule has 4 rings (SSSR count). The minimum absolute atomic E-state index is 0.756. The maximum Gasteiger partial charge on any atom is 0.160 e. The molecule has 0 fully saturated rings. The zero-order chi connectivity index (χ0) is 17.2. The van der Waals surface area contributed by atoms with Gasteiger partial charge in [0.25, 0.3) is 0 Å². The largest absolute Gasteiger partial charge is 0.378 e. The number of para-hydroxylation sites is 1. The maximum absolute atomic E-state index is 4.89. The molecule has 1 heterocycles. The molecule has 0 amide bonds. The van der Waals surface area contributed by atoms with Gasteiger partial charge in [-0.2, -0.15) is 0 Å². The van der Waals surface area contributed by atoms with E-state index in [2.05, 4.69) is 35.2 Å². The van der Waals surface area contributed by atoms with Gasteiger partial charge in [-0.05, 0) is 18.2 Å². The van der Waals surface area contributed by atoms with Crippen LogP contribution in [0.1, 0.15) is 0 Å². The van der Waals surface area contributed by atoms with Crippen molar-refractivity contribution in [1.29, 1.82) is 0 Å². The minimum atomic E-state index is 0.756. The SMILES string of the molecule is CN(C)c1ccc(-c2nc(-c3ccccc3)nc3ccccc23)cc1. The quantitative estimate of drug-likeness (QED) is 0.529. The van der Waals surface area contributed by atoms with Crippen LogP contribution in [0.15, 0.2) is 78.9 Å². The Morgan fingerprint density at radius 3 is 2.04 bits per heavy atom. The second kappa shape index (κ2) is 6.36. The lowest BCUT2D eigenvalue weighted by atomic mass is 10.1. The zero-order valence-electron chi connectivity index (χ0n) is 14.3. The van der Waals surface area contributed by atoms with Crippen molar-refractivity contribution in [2.24, 2.45) is 0 Å². The van der Waals surface area contributed by atoms with Gasteiger partial charge in [-0.1, -0.05) is 60.7 Å². The van der Waals surface area contributed by atoms with E-state index in [1.54, 1.807) is 0 Å². The fourth-order valence-electron chi connectivity index (χ4n) is 2.93. The van der Waals surface area contributed by atoms with Gasteiger partial charge in [0.05, 0.1) is 11.2 Å². The van der Waals surface area contributed by atoms with Crippen molar-refractivity contribution in [1.82, 2.24) is 9.97 Å². The molecule has 25 heavy (non-hydrogen) atoms. The third kappa shape index (κ3) is 2.96. The van der Waals surface area contributed by atoms with Crippen LogP contribution in [0.3, 0.4) is 0 Å². The Hall–Kier alpha value is -3.20. The molecule has 0 radical (unpaired) electrons. The summed E-state index contributed by atoms with van der Waals surface area (Å²) in [5.41, 5.74) is 5.23. The van der Waals surface area contributed by atoms with E-state index in [1.165, 1.54) is 5.69 Å². The Morgan fingerprint density at radius 1 is 0.640 bits per heavy atom. The van der Waals surface area contributed by atoms with Gasteiger partial charge in [-0.3, -0.25) is 0 Å². The molecule has 0 aliphatic rings. The Bertz CT molecular complexity index is 1010. The van der Waals surface area contributed by atoms with E-state index in [4.69, 9.17) is 9.97 Å². The fourth-order valence-corrected chi connectivity index (χ4v) is 2.93. The second-order valence-corrected chi connectivity index (χ2v) is 6.22. The van der Waals surface area contributed by atoms with Crippen molar-refractivity contribution >= 4 is 16.6 Å². The summed E-state index contributed by atoms with van der Waals surface area (Å²) in [5.74, 6) is 0.756. The molecule has 3 aromatic carbocycles. The number of nitrogens with zero attached hydrogens (tertiary/aromatic N) is 3.